The molecule has 0 aromatic heterocycles. The minimum atomic E-state index is 0. The van der Waals surface area contributed by atoms with Crippen molar-refractivity contribution in [2.45, 2.75) is 0 Å². The molecule has 0 bridgehead atoms. The molecule has 0 heterocycles. The quantitative estimate of drug-likeness (QED) is 0.529. The fourth-order valence-electron chi connectivity index (χ4n) is 0. The molecule has 0 aliphatic carbocycles. The molecular formula is CoV3. The Morgan fingerprint density at radius 3 is 0.500 bits per heavy atom. The molecule has 0 rings (SSSR count). The van der Waals surface area contributed by atoms with Gasteiger partial charge in [-0.1, -0.05) is 0 Å². The summed E-state index contributed by atoms with van der Waals surface area (Å²) in [7, 11) is 0. The van der Waals surface area contributed by atoms with Crippen LogP contribution in [0.3, 0.4) is 0 Å². The van der Waals surface area contributed by atoms with E-state index in [1.165, 1.54) is 0 Å². The van der Waals surface area contributed by atoms with Crippen molar-refractivity contribution >= 4 is 0 Å². The Bertz CT molecular complexity index is 3.25. The van der Waals surface area contributed by atoms with E-state index in [2.05, 4.69) is 0 Å². The normalized spacial score (nSPS) is 0. The first-order valence-electron chi connectivity index (χ1n) is 0. The molecule has 0 aromatic rings. The summed E-state index contributed by atoms with van der Waals surface area (Å²) in [6.07, 6.45) is 0. The predicted octanol–water partition coefficient (Wildman–Crippen LogP) is -0.0100. The molecule has 0 N–H and O–H groups in total. The van der Waals surface area contributed by atoms with Crippen molar-refractivity contribution in [1.82, 2.24) is 0 Å². The molecule has 0 aliphatic heterocycles. The zero-order valence-corrected chi connectivity index (χ0v) is 6.91. The van der Waals surface area contributed by atoms with Gasteiger partial charge in [-0.05, 0) is 0 Å². The minimum Gasteiger partial charge on any atom is 0 e. The van der Waals surface area contributed by atoms with Crippen LogP contribution < -0.4 is 0 Å². The third-order valence-corrected chi connectivity index (χ3v) is 0. The molecule has 0 aromatic carbocycles. The first kappa shape index (κ1) is 33.9. The molecular weight excluding hydrogens is 212 g/mol. The van der Waals surface area contributed by atoms with E-state index in [9.17, 15) is 0 Å². The maximum absolute atomic E-state index is 0. The monoisotopic (exact) mass is 212 g/mol. The summed E-state index contributed by atoms with van der Waals surface area (Å²) in [5.74, 6) is 0. The van der Waals surface area contributed by atoms with Crippen molar-refractivity contribution in [3.05, 3.63) is 0 Å². The zero-order valence-electron chi connectivity index (χ0n) is 1.67. The Labute approximate surface area is 71.7 Å². The van der Waals surface area contributed by atoms with Crippen LogP contribution in [0.25, 0.3) is 0 Å². The fourth-order valence-corrected chi connectivity index (χ4v) is 0. The molecule has 0 fully saturated rings. The first-order valence-corrected chi connectivity index (χ1v) is 0. The van der Waals surface area contributed by atoms with E-state index in [1.54, 1.807) is 0 Å². The van der Waals surface area contributed by atoms with Crippen LogP contribution in [0.4, 0.5) is 0 Å². The van der Waals surface area contributed by atoms with Crippen molar-refractivity contribution in [2.24, 2.45) is 0 Å². The SMILES string of the molecule is [Co].[V].[V].[V]. The van der Waals surface area contributed by atoms with Gasteiger partial charge in [-0.2, -0.15) is 0 Å². The van der Waals surface area contributed by atoms with E-state index in [-0.39, 0.29) is 72.4 Å². The van der Waals surface area contributed by atoms with Crippen LogP contribution in [0.2, 0.25) is 0 Å². The maximum Gasteiger partial charge on any atom is 0 e. The Morgan fingerprint density at radius 1 is 0.500 bits per heavy atom. The summed E-state index contributed by atoms with van der Waals surface area (Å²) in [5.41, 5.74) is 0. The molecule has 24 valence electrons. The van der Waals surface area contributed by atoms with Crippen molar-refractivity contribution in [3.63, 3.8) is 0 Å². The summed E-state index contributed by atoms with van der Waals surface area (Å²) in [4.78, 5) is 0. The third-order valence-electron chi connectivity index (χ3n) is 0. The number of hydrogen-bond acceptors (Lipinski definition) is 0. The second-order valence-electron chi connectivity index (χ2n) is 0. The van der Waals surface area contributed by atoms with Gasteiger partial charge in [0.2, 0.25) is 0 Å². The molecule has 0 unspecified atom stereocenters. The second-order valence-corrected chi connectivity index (χ2v) is 0. The summed E-state index contributed by atoms with van der Waals surface area (Å²) in [5, 5.41) is 0. The van der Waals surface area contributed by atoms with Crippen LogP contribution in [0.1, 0.15) is 0 Å². The summed E-state index contributed by atoms with van der Waals surface area (Å²) in [6.45, 7) is 0. The van der Waals surface area contributed by atoms with Crippen molar-refractivity contribution in [1.29, 1.82) is 0 Å². The van der Waals surface area contributed by atoms with E-state index in [0.29, 0.717) is 0 Å². The minimum absolute atomic E-state index is 0. The smallest absolute Gasteiger partial charge is 0 e. The Kier molecular flexibility index (Phi) is 158. The van der Waals surface area contributed by atoms with E-state index in [0.717, 1.165) is 0 Å². The van der Waals surface area contributed by atoms with Gasteiger partial charge >= 0.3 is 0 Å². The van der Waals surface area contributed by atoms with Crippen molar-refractivity contribution in [3.8, 4) is 0 Å². The molecule has 0 saturated heterocycles. The Hall–Kier alpha value is 2.26. The number of rotatable bonds is 0. The predicted molar refractivity (Wildman–Crippen MR) is 0 cm³/mol. The second kappa shape index (κ2) is 18.7. The van der Waals surface area contributed by atoms with Crippen LogP contribution in [0.5, 0.6) is 0 Å². The van der Waals surface area contributed by atoms with E-state index in [4.69, 9.17) is 0 Å². The van der Waals surface area contributed by atoms with Gasteiger partial charge in [0.1, 0.15) is 0 Å². The number of hydrogen-bond donors (Lipinski definition) is 0. The first-order chi connectivity index (χ1) is 0. The Balaban J connectivity index is 0. The van der Waals surface area contributed by atoms with Crippen LogP contribution in [-0.2, 0) is 72.4 Å². The van der Waals surface area contributed by atoms with Gasteiger partial charge in [0.05, 0.1) is 0 Å². The largest absolute Gasteiger partial charge is 0 e. The molecule has 0 nitrogen and oxygen atoms in total. The van der Waals surface area contributed by atoms with Crippen molar-refractivity contribution < 1.29 is 72.4 Å². The van der Waals surface area contributed by atoms with Crippen LogP contribution in [0, 0.1) is 0 Å². The van der Waals surface area contributed by atoms with Gasteiger partial charge in [-0.3, -0.25) is 0 Å². The summed E-state index contributed by atoms with van der Waals surface area (Å²) < 4.78 is 0. The molecule has 0 spiro atoms. The molecule has 4 heavy (non-hydrogen) atoms. The summed E-state index contributed by atoms with van der Waals surface area (Å²) >= 11 is 0. The van der Waals surface area contributed by atoms with Gasteiger partial charge in [-0.25, -0.2) is 0 Å². The van der Waals surface area contributed by atoms with Gasteiger partial charge < -0.3 is 0 Å². The average molecular weight is 212 g/mol. The molecule has 4 heteroatoms. The van der Waals surface area contributed by atoms with Crippen LogP contribution in [0.15, 0.2) is 0 Å². The topological polar surface area (TPSA) is 0 Å². The molecule has 0 aliphatic rings. The van der Waals surface area contributed by atoms with Gasteiger partial charge in [0.15, 0.2) is 0 Å². The summed E-state index contributed by atoms with van der Waals surface area (Å²) in [6, 6.07) is 0. The Morgan fingerprint density at radius 2 is 0.500 bits per heavy atom. The van der Waals surface area contributed by atoms with Gasteiger partial charge in [0, 0.05) is 72.4 Å². The zero-order chi connectivity index (χ0) is 0. The van der Waals surface area contributed by atoms with Gasteiger partial charge in [0.25, 0.3) is 0 Å². The van der Waals surface area contributed by atoms with Crippen molar-refractivity contribution in [2.75, 3.05) is 0 Å². The van der Waals surface area contributed by atoms with Gasteiger partial charge in [-0.15, -0.1) is 0 Å². The van der Waals surface area contributed by atoms with E-state index in [1.807, 2.05) is 0 Å². The molecule has 0 atom stereocenters. The third kappa shape index (κ3) is 8.86. The fraction of sp³-hybridized carbons (Fsp3) is 0. The molecule has 0 saturated carbocycles. The van der Waals surface area contributed by atoms with E-state index >= 15 is 0 Å². The van der Waals surface area contributed by atoms with Crippen LogP contribution >= 0.6 is 0 Å². The average Bonchev–Trinajstić information content (AvgIpc) is 0. The maximum atomic E-state index is 0. The standard InChI is InChI=1S/Co.3V. The van der Waals surface area contributed by atoms with Crippen LogP contribution in [-0.4, -0.2) is 0 Å². The molecule has 4 radical (unpaired) electrons. The molecule has 0 amide bonds. The van der Waals surface area contributed by atoms with E-state index < -0.39 is 0 Å².